The van der Waals surface area contributed by atoms with Crippen LogP contribution in [0.25, 0.3) is 0 Å². The largest absolute Gasteiger partial charge is 4.00 e. The van der Waals surface area contributed by atoms with Gasteiger partial charge in [0.05, 0.1) is 0 Å². The molecule has 0 aliphatic heterocycles. The fraction of sp³-hybridized carbons (Fsp3) is 0.500. The van der Waals surface area contributed by atoms with Gasteiger partial charge in [0, 0.05) is 11.9 Å². The molecule has 6 heteroatoms. The van der Waals surface area contributed by atoms with Crippen LogP contribution in [0.2, 0.25) is 0 Å². The molecule has 0 spiro atoms. The van der Waals surface area contributed by atoms with Gasteiger partial charge in [-0.25, -0.2) is 0 Å². The molecule has 0 aliphatic carbocycles. The molecular weight excluding hydrogens is 179 g/mol. The third kappa shape index (κ3) is 1180. The van der Waals surface area contributed by atoms with Gasteiger partial charge in [-0.2, -0.15) is 0 Å². The van der Waals surface area contributed by atoms with E-state index in [0.717, 1.165) is 13.8 Å². The van der Waals surface area contributed by atoms with Crippen molar-refractivity contribution in [2.24, 2.45) is 0 Å². The minimum absolute atomic E-state index is 0. The summed E-state index contributed by atoms with van der Waals surface area (Å²) in [5.41, 5.74) is 0. The van der Waals surface area contributed by atoms with E-state index in [-0.39, 0.29) is 24.0 Å². The molecule has 10 heavy (non-hydrogen) atoms. The SMILES string of the molecule is CC(=O)[O-].CC(=O)[O-].[O-2].[V+4]. The molecule has 0 aromatic rings. The second kappa shape index (κ2) is 15.8. The van der Waals surface area contributed by atoms with Crippen LogP contribution in [-0.4, -0.2) is 11.9 Å². The van der Waals surface area contributed by atoms with Crippen LogP contribution in [0.3, 0.4) is 0 Å². The fourth-order valence-corrected chi connectivity index (χ4v) is 0. The van der Waals surface area contributed by atoms with Crippen LogP contribution in [0.5, 0.6) is 0 Å². The van der Waals surface area contributed by atoms with Gasteiger partial charge in [0.1, 0.15) is 0 Å². The third-order valence-electron chi connectivity index (χ3n) is 0. The quantitative estimate of drug-likeness (QED) is 0.411. The van der Waals surface area contributed by atoms with E-state index in [1.54, 1.807) is 0 Å². The molecule has 0 heterocycles. The van der Waals surface area contributed by atoms with E-state index in [4.69, 9.17) is 19.8 Å². The Kier molecular flexibility index (Phi) is 35.9. The molecule has 0 aromatic carbocycles. The Morgan fingerprint density at radius 3 is 1.00 bits per heavy atom. The van der Waals surface area contributed by atoms with Crippen molar-refractivity contribution in [1.82, 2.24) is 0 Å². The second-order valence-electron chi connectivity index (χ2n) is 0.983. The van der Waals surface area contributed by atoms with Crippen molar-refractivity contribution in [3.63, 3.8) is 0 Å². The Hall–Kier alpha value is -0.516. The number of carboxylic acids is 2. The molecule has 0 saturated carbocycles. The Labute approximate surface area is 70.2 Å². The smallest absolute Gasteiger partial charge is 2.00 e. The summed E-state index contributed by atoms with van der Waals surface area (Å²) in [5, 5.41) is 17.8. The molecule has 0 amide bonds. The van der Waals surface area contributed by atoms with Crippen LogP contribution >= 0.6 is 0 Å². The molecule has 0 bridgehead atoms. The van der Waals surface area contributed by atoms with Crippen LogP contribution in [0.1, 0.15) is 13.8 Å². The minimum Gasteiger partial charge on any atom is -2.00 e. The van der Waals surface area contributed by atoms with Gasteiger partial charge in [-0.05, 0) is 13.8 Å². The Balaban J connectivity index is -0.0000000300. The topological polar surface area (TPSA) is 109 Å². The molecule has 0 aromatic heterocycles. The molecule has 0 fully saturated rings. The molecule has 0 rings (SSSR count). The van der Waals surface area contributed by atoms with Crippen molar-refractivity contribution in [1.29, 1.82) is 0 Å². The van der Waals surface area contributed by atoms with Gasteiger partial charge >= 0.3 is 18.6 Å². The molecule has 0 aliphatic rings. The van der Waals surface area contributed by atoms with Crippen molar-refractivity contribution in [3.8, 4) is 0 Å². The average molecular weight is 185 g/mol. The number of hydrogen-bond donors (Lipinski definition) is 0. The van der Waals surface area contributed by atoms with Crippen LogP contribution in [0, 0.1) is 0 Å². The van der Waals surface area contributed by atoms with Gasteiger partial charge in [-0.1, -0.05) is 0 Å². The Bertz CT molecular complexity index is 71.6. The molecule has 0 N–H and O–H groups in total. The molecular formula is C4H6O5V. The summed E-state index contributed by atoms with van der Waals surface area (Å²) in [6.45, 7) is 1.94. The normalized spacial score (nSPS) is 5.00. The van der Waals surface area contributed by atoms with E-state index in [2.05, 4.69) is 0 Å². The maximum Gasteiger partial charge on any atom is 4.00 e. The maximum atomic E-state index is 8.89. The molecule has 0 saturated heterocycles. The van der Waals surface area contributed by atoms with Crippen LogP contribution in [0.4, 0.5) is 0 Å². The first-order chi connectivity index (χ1) is 3.46. The van der Waals surface area contributed by atoms with E-state index in [9.17, 15) is 0 Å². The van der Waals surface area contributed by atoms with Crippen molar-refractivity contribution in [2.75, 3.05) is 0 Å². The predicted octanol–water partition coefficient (Wildman–Crippen LogP) is -2.61. The summed E-state index contributed by atoms with van der Waals surface area (Å²) in [7, 11) is 0. The maximum absolute atomic E-state index is 8.89. The number of carbonyl (C=O) groups is 2. The average Bonchev–Trinajstić information content (AvgIpc) is 1.25. The van der Waals surface area contributed by atoms with Gasteiger partial charge in [-0.15, -0.1) is 0 Å². The number of hydrogen-bond acceptors (Lipinski definition) is 4. The zero-order chi connectivity index (χ0) is 7.15. The summed E-state index contributed by atoms with van der Waals surface area (Å²) in [5.74, 6) is -2.17. The molecule has 5 nitrogen and oxygen atoms in total. The number of rotatable bonds is 0. The zero-order valence-electron chi connectivity index (χ0n) is 5.49. The zero-order valence-corrected chi connectivity index (χ0v) is 6.89. The molecule has 57 valence electrons. The molecule has 1 radical (unpaired) electrons. The van der Waals surface area contributed by atoms with Gasteiger partial charge < -0.3 is 25.3 Å². The number of aliphatic carboxylic acids is 2. The first-order valence-electron chi connectivity index (χ1n) is 1.82. The summed E-state index contributed by atoms with van der Waals surface area (Å²) in [4.78, 5) is 17.8. The monoisotopic (exact) mass is 185 g/mol. The van der Waals surface area contributed by atoms with Crippen LogP contribution in [0.15, 0.2) is 0 Å². The number of carbonyl (C=O) groups excluding carboxylic acids is 2. The van der Waals surface area contributed by atoms with Crippen molar-refractivity contribution in [3.05, 3.63) is 0 Å². The van der Waals surface area contributed by atoms with Crippen LogP contribution < -0.4 is 10.2 Å². The predicted molar refractivity (Wildman–Crippen MR) is 22.0 cm³/mol. The minimum atomic E-state index is -1.08. The molecule has 0 atom stereocenters. The van der Waals surface area contributed by atoms with Crippen molar-refractivity contribution >= 4 is 11.9 Å². The Morgan fingerprint density at radius 2 is 1.00 bits per heavy atom. The van der Waals surface area contributed by atoms with E-state index in [0.29, 0.717) is 0 Å². The van der Waals surface area contributed by atoms with Crippen LogP contribution in [-0.2, 0) is 33.6 Å². The van der Waals surface area contributed by atoms with Gasteiger partial charge in [-0.3, -0.25) is 0 Å². The summed E-state index contributed by atoms with van der Waals surface area (Å²) >= 11 is 0. The van der Waals surface area contributed by atoms with E-state index in [1.165, 1.54) is 0 Å². The van der Waals surface area contributed by atoms with Gasteiger partial charge in [0.15, 0.2) is 0 Å². The van der Waals surface area contributed by atoms with E-state index in [1.807, 2.05) is 0 Å². The summed E-state index contributed by atoms with van der Waals surface area (Å²) in [6, 6.07) is 0. The van der Waals surface area contributed by atoms with E-state index < -0.39 is 11.9 Å². The van der Waals surface area contributed by atoms with Gasteiger partial charge in [0.2, 0.25) is 0 Å². The van der Waals surface area contributed by atoms with Crippen molar-refractivity contribution < 1.29 is 43.8 Å². The third-order valence-corrected chi connectivity index (χ3v) is 0. The van der Waals surface area contributed by atoms with E-state index >= 15 is 0 Å². The standard InChI is InChI=1S/2C2H4O2.O.V/c2*1-2(3)4;;/h2*1H3,(H,3,4);;/q;;-2;+4/p-2. The first-order valence-corrected chi connectivity index (χ1v) is 1.82. The molecule has 0 unspecified atom stereocenters. The number of carboxylic acid groups (broad SMARTS) is 2. The fourth-order valence-electron chi connectivity index (χ4n) is 0. The first kappa shape index (κ1) is 22.7. The second-order valence-corrected chi connectivity index (χ2v) is 0.983. The Morgan fingerprint density at radius 1 is 1.00 bits per heavy atom. The van der Waals surface area contributed by atoms with Crippen molar-refractivity contribution in [2.45, 2.75) is 13.8 Å². The van der Waals surface area contributed by atoms with Gasteiger partial charge in [0.25, 0.3) is 0 Å². The summed E-state index contributed by atoms with van der Waals surface area (Å²) < 4.78 is 0. The summed E-state index contributed by atoms with van der Waals surface area (Å²) in [6.07, 6.45) is 0.